The van der Waals surface area contributed by atoms with Gasteiger partial charge in [0.2, 0.25) is 0 Å². The summed E-state index contributed by atoms with van der Waals surface area (Å²) in [5.74, 6) is 0.590. The maximum atomic E-state index is 11.9. The molecular weight excluding hydrogens is 276 g/mol. The Balaban J connectivity index is 1.91. The summed E-state index contributed by atoms with van der Waals surface area (Å²) in [4.78, 5) is 11.9. The van der Waals surface area contributed by atoms with Gasteiger partial charge in [-0.15, -0.1) is 0 Å². The van der Waals surface area contributed by atoms with E-state index in [2.05, 4.69) is 10.5 Å². The summed E-state index contributed by atoms with van der Waals surface area (Å²) >= 11 is 0. The van der Waals surface area contributed by atoms with Crippen molar-refractivity contribution in [3.8, 4) is 5.75 Å². The van der Waals surface area contributed by atoms with E-state index in [4.69, 9.17) is 4.74 Å². The quantitative estimate of drug-likeness (QED) is 0.677. The van der Waals surface area contributed by atoms with Crippen LogP contribution in [0.15, 0.2) is 53.6 Å². The standard InChI is InChI=1S/C18H20N2O2/c1-13(2)22-17-10-6-15(7-11-17)12-19-20-18(21)16-8-4-14(3)5-9-16/h4-13H,1-3H3,(H,20,21)/b19-12+. The molecule has 0 spiro atoms. The highest BCUT2D eigenvalue weighted by molar-refractivity contribution is 5.94. The molecular formula is C18H20N2O2. The Bertz CT molecular complexity index is 644. The molecule has 0 aliphatic rings. The van der Waals surface area contributed by atoms with Crippen molar-refractivity contribution in [2.75, 3.05) is 0 Å². The lowest BCUT2D eigenvalue weighted by Gasteiger charge is -2.09. The molecule has 2 aromatic rings. The summed E-state index contributed by atoms with van der Waals surface area (Å²) in [6.07, 6.45) is 1.75. The van der Waals surface area contributed by atoms with Gasteiger partial charge in [-0.1, -0.05) is 17.7 Å². The van der Waals surface area contributed by atoms with Crippen LogP contribution in [0.1, 0.15) is 35.3 Å². The van der Waals surface area contributed by atoms with Crippen LogP contribution in [0, 0.1) is 6.92 Å². The molecule has 1 amide bonds. The zero-order chi connectivity index (χ0) is 15.9. The number of carbonyl (C=O) groups excluding carboxylic acids is 1. The third-order valence-corrected chi connectivity index (χ3v) is 2.95. The van der Waals surface area contributed by atoms with E-state index in [1.54, 1.807) is 18.3 Å². The van der Waals surface area contributed by atoms with Gasteiger partial charge in [-0.05, 0) is 62.7 Å². The van der Waals surface area contributed by atoms with E-state index in [0.717, 1.165) is 16.9 Å². The van der Waals surface area contributed by atoms with Crippen LogP contribution in [0.3, 0.4) is 0 Å². The predicted molar refractivity (Wildman–Crippen MR) is 88.4 cm³/mol. The van der Waals surface area contributed by atoms with E-state index in [0.29, 0.717) is 5.56 Å². The summed E-state index contributed by atoms with van der Waals surface area (Å²) in [5, 5.41) is 3.97. The summed E-state index contributed by atoms with van der Waals surface area (Å²) in [6, 6.07) is 14.9. The molecule has 22 heavy (non-hydrogen) atoms. The Kier molecular flexibility index (Phi) is 5.31. The number of hydrazone groups is 1. The summed E-state index contributed by atoms with van der Waals surface area (Å²) in [5.41, 5.74) is 5.10. The third kappa shape index (κ3) is 4.74. The number of nitrogens with one attached hydrogen (secondary N) is 1. The van der Waals surface area contributed by atoms with Gasteiger partial charge in [-0.25, -0.2) is 5.43 Å². The Labute approximate surface area is 130 Å². The number of amides is 1. The fraction of sp³-hybridized carbons (Fsp3) is 0.222. The second kappa shape index (κ2) is 7.41. The third-order valence-electron chi connectivity index (χ3n) is 2.95. The number of aryl methyl sites for hydroxylation is 1. The van der Waals surface area contributed by atoms with Crippen LogP contribution in [0.4, 0.5) is 0 Å². The van der Waals surface area contributed by atoms with Crippen LogP contribution in [0.2, 0.25) is 0 Å². The van der Waals surface area contributed by atoms with Gasteiger partial charge < -0.3 is 4.74 Å². The van der Waals surface area contributed by atoms with Gasteiger partial charge in [0.15, 0.2) is 0 Å². The first-order chi connectivity index (χ1) is 10.5. The number of benzene rings is 2. The molecule has 114 valence electrons. The van der Waals surface area contributed by atoms with E-state index in [9.17, 15) is 4.79 Å². The topological polar surface area (TPSA) is 50.7 Å². The van der Waals surface area contributed by atoms with Crippen LogP contribution in [0.25, 0.3) is 0 Å². The van der Waals surface area contributed by atoms with Crippen molar-refractivity contribution in [1.29, 1.82) is 0 Å². The van der Waals surface area contributed by atoms with E-state index >= 15 is 0 Å². The summed E-state index contributed by atoms with van der Waals surface area (Å²) in [7, 11) is 0. The van der Waals surface area contributed by atoms with Crippen molar-refractivity contribution in [1.82, 2.24) is 5.43 Å². The van der Waals surface area contributed by atoms with Crippen LogP contribution in [-0.2, 0) is 0 Å². The first-order valence-corrected chi connectivity index (χ1v) is 7.21. The van der Waals surface area contributed by atoms with Gasteiger partial charge in [0, 0.05) is 5.56 Å². The van der Waals surface area contributed by atoms with Crippen molar-refractivity contribution in [2.45, 2.75) is 26.9 Å². The highest BCUT2D eigenvalue weighted by Gasteiger charge is 2.02. The average Bonchev–Trinajstić information content (AvgIpc) is 2.49. The van der Waals surface area contributed by atoms with E-state index in [1.807, 2.05) is 57.2 Å². The number of ether oxygens (including phenoxy) is 1. The van der Waals surface area contributed by atoms with Gasteiger partial charge in [0.25, 0.3) is 5.91 Å². The first-order valence-electron chi connectivity index (χ1n) is 7.21. The predicted octanol–water partition coefficient (Wildman–Crippen LogP) is 3.55. The SMILES string of the molecule is Cc1ccc(C(=O)N/N=C/c2ccc(OC(C)C)cc2)cc1. The van der Waals surface area contributed by atoms with Gasteiger partial charge in [-0.2, -0.15) is 5.10 Å². The molecule has 0 atom stereocenters. The average molecular weight is 296 g/mol. The Morgan fingerprint density at radius 2 is 1.73 bits per heavy atom. The lowest BCUT2D eigenvalue weighted by atomic mass is 10.1. The minimum absolute atomic E-state index is 0.147. The van der Waals surface area contributed by atoms with Gasteiger partial charge in [0.1, 0.15) is 5.75 Å². The minimum atomic E-state index is -0.226. The summed E-state index contributed by atoms with van der Waals surface area (Å²) < 4.78 is 5.57. The molecule has 0 aliphatic carbocycles. The largest absolute Gasteiger partial charge is 0.491 e. The molecule has 0 fully saturated rings. The van der Waals surface area contributed by atoms with E-state index in [-0.39, 0.29) is 12.0 Å². The molecule has 2 rings (SSSR count). The number of nitrogens with zero attached hydrogens (tertiary/aromatic N) is 1. The molecule has 0 bridgehead atoms. The zero-order valence-corrected chi connectivity index (χ0v) is 13.0. The lowest BCUT2D eigenvalue weighted by Crippen LogP contribution is -2.17. The van der Waals surface area contributed by atoms with Crippen molar-refractivity contribution in [3.05, 3.63) is 65.2 Å². The molecule has 0 radical (unpaired) electrons. The van der Waals surface area contributed by atoms with E-state index < -0.39 is 0 Å². The second-order valence-corrected chi connectivity index (χ2v) is 5.30. The minimum Gasteiger partial charge on any atom is -0.491 e. The molecule has 0 aliphatic heterocycles. The smallest absolute Gasteiger partial charge is 0.271 e. The molecule has 2 aromatic carbocycles. The number of hydrogen-bond donors (Lipinski definition) is 1. The molecule has 0 unspecified atom stereocenters. The first kappa shape index (κ1) is 15.8. The molecule has 4 heteroatoms. The van der Waals surface area contributed by atoms with Gasteiger partial charge in [-0.3, -0.25) is 4.79 Å². The number of carbonyl (C=O) groups is 1. The lowest BCUT2D eigenvalue weighted by molar-refractivity contribution is 0.0955. The Morgan fingerprint density at radius 3 is 2.32 bits per heavy atom. The molecule has 0 aromatic heterocycles. The van der Waals surface area contributed by atoms with E-state index in [1.165, 1.54) is 0 Å². The van der Waals surface area contributed by atoms with Crippen molar-refractivity contribution in [3.63, 3.8) is 0 Å². The number of hydrogen-bond acceptors (Lipinski definition) is 3. The fourth-order valence-electron chi connectivity index (χ4n) is 1.84. The van der Waals surface area contributed by atoms with Crippen LogP contribution in [0.5, 0.6) is 5.75 Å². The Morgan fingerprint density at radius 1 is 1.09 bits per heavy atom. The highest BCUT2D eigenvalue weighted by Crippen LogP contribution is 2.12. The molecule has 1 N–H and O–H groups in total. The fourth-order valence-corrected chi connectivity index (χ4v) is 1.84. The van der Waals surface area contributed by atoms with Crippen molar-refractivity contribution >= 4 is 12.1 Å². The normalized spacial score (nSPS) is 10.9. The zero-order valence-electron chi connectivity index (χ0n) is 13.0. The van der Waals surface area contributed by atoms with Crippen LogP contribution >= 0.6 is 0 Å². The second-order valence-electron chi connectivity index (χ2n) is 5.30. The monoisotopic (exact) mass is 296 g/mol. The maximum Gasteiger partial charge on any atom is 0.271 e. The van der Waals surface area contributed by atoms with Crippen molar-refractivity contribution < 1.29 is 9.53 Å². The number of rotatable bonds is 5. The molecule has 0 saturated heterocycles. The van der Waals surface area contributed by atoms with Gasteiger partial charge in [0.05, 0.1) is 12.3 Å². The molecule has 0 heterocycles. The highest BCUT2D eigenvalue weighted by atomic mass is 16.5. The van der Waals surface area contributed by atoms with Crippen molar-refractivity contribution in [2.24, 2.45) is 5.10 Å². The molecule has 0 saturated carbocycles. The maximum absolute atomic E-state index is 11.9. The van der Waals surface area contributed by atoms with Crippen LogP contribution in [-0.4, -0.2) is 18.2 Å². The molecule has 4 nitrogen and oxygen atoms in total. The summed E-state index contributed by atoms with van der Waals surface area (Å²) in [6.45, 7) is 5.94. The van der Waals surface area contributed by atoms with Crippen LogP contribution < -0.4 is 10.2 Å². The Hall–Kier alpha value is -2.62. The van der Waals surface area contributed by atoms with Gasteiger partial charge >= 0.3 is 0 Å².